The minimum Gasteiger partial charge on any atom is -0.488 e. The molecule has 4 rings (SSSR count). The molecule has 2 heterocycles. The van der Waals surface area contributed by atoms with E-state index in [0.717, 1.165) is 0 Å². The van der Waals surface area contributed by atoms with Crippen LogP contribution >= 0.6 is 11.3 Å². The number of carbonyl (C=O) groups excluding carboxylic acids is 1. The van der Waals surface area contributed by atoms with Gasteiger partial charge in [0.15, 0.2) is 0 Å². The molecule has 1 aliphatic rings. The third-order valence-corrected chi connectivity index (χ3v) is 6.78. The fourth-order valence-electron chi connectivity index (χ4n) is 3.97. The van der Waals surface area contributed by atoms with E-state index in [9.17, 15) is 9.18 Å². The summed E-state index contributed by atoms with van der Waals surface area (Å²) in [6.45, 7) is 1.82. The average molecular weight is 462 g/mol. The highest BCUT2D eigenvalue weighted by Crippen LogP contribution is 2.38. The molecule has 1 aliphatic carbocycles. The number of benzene rings is 1. The lowest BCUT2D eigenvalue weighted by Gasteiger charge is -2.18. The third kappa shape index (κ3) is 4.25. The molecular formula is C22H24FN3O5S. The highest BCUT2D eigenvalue weighted by atomic mass is 32.1. The first-order chi connectivity index (χ1) is 15.4. The van der Waals surface area contributed by atoms with Crippen molar-refractivity contribution in [3.05, 3.63) is 40.8 Å². The molecular weight excluding hydrogens is 437 g/mol. The molecule has 2 unspecified atom stereocenters. The molecule has 0 saturated heterocycles. The smallest absolute Gasteiger partial charge is 0.348 e. The van der Waals surface area contributed by atoms with Crippen LogP contribution in [0.3, 0.4) is 0 Å². The Morgan fingerprint density at radius 2 is 1.88 bits per heavy atom. The predicted molar refractivity (Wildman–Crippen MR) is 118 cm³/mol. The topological polar surface area (TPSA) is 91.8 Å². The summed E-state index contributed by atoms with van der Waals surface area (Å²) in [5.74, 6) is 0.00676. The molecule has 0 spiro atoms. The van der Waals surface area contributed by atoms with Crippen molar-refractivity contribution in [2.24, 2.45) is 0 Å². The lowest BCUT2D eigenvalue weighted by molar-refractivity contribution is -0.0157. The minimum absolute atomic E-state index is 0.0818. The fourth-order valence-corrected chi connectivity index (χ4v) is 5.03. The number of thiophene rings is 1. The van der Waals surface area contributed by atoms with Crippen LogP contribution in [0.15, 0.2) is 24.5 Å². The van der Waals surface area contributed by atoms with Crippen molar-refractivity contribution in [3.8, 4) is 5.75 Å². The summed E-state index contributed by atoms with van der Waals surface area (Å²) in [5, 5.41) is 3.93. The van der Waals surface area contributed by atoms with Gasteiger partial charge in [-0.2, -0.15) is 0 Å². The van der Waals surface area contributed by atoms with Gasteiger partial charge >= 0.3 is 5.97 Å². The van der Waals surface area contributed by atoms with Gasteiger partial charge in [0.05, 0.1) is 30.4 Å². The fraction of sp³-hybridized carbons (Fsp3) is 0.409. The van der Waals surface area contributed by atoms with Gasteiger partial charge in [-0.25, -0.2) is 19.2 Å². The zero-order valence-electron chi connectivity index (χ0n) is 18.2. The number of aromatic nitrogens is 2. The van der Waals surface area contributed by atoms with E-state index in [4.69, 9.17) is 18.9 Å². The molecule has 10 heteroatoms. The maximum absolute atomic E-state index is 14.1. The normalized spacial score (nSPS) is 20.5. The Morgan fingerprint density at radius 3 is 2.53 bits per heavy atom. The summed E-state index contributed by atoms with van der Waals surface area (Å²) in [4.78, 5) is 21.8. The average Bonchev–Trinajstić information content (AvgIpc) is 3.35. The summed E-state index contributed by atoms with van der Waals surface area (Å²) >= 11 is 1.23. The first kappa shape index (κ1) is 22.4. The number of carbonyl (C=O) groups is 1. The Labute approximate surface area is 188 Å². The van der Waals surface area contributed by atoms with E-state index in [0.29, 0.717) is 50.8 Å². The molecule has 170 valence electrons. The molecule has 1 saturated carbocycles. The van der Waals surface area contributed by atoms with E-state index in [1.165, 1.54) is 36.9 Å². The molecule has 0 aliphatic heterocycles. The molecule has 32 heavy (non-hydrogen) atoms. The lowest BCUT2D eigenvalue weighted by Crippen LogP contribution is -2.23. The van der Waals surface area contributed by atoms with Crippen LogP contribution in [-0.2, 0) is 14.2 Å². The number of hydrogen-bond donors (Lipinski definition) is 1. The van der Waals surface area contributed by atoms with Crippen molar-refractivity contribution in [3.63, 3.8) is 0 Å². The molecule has 2 atom stereocenters. The largest absolute Gasteiger partial charge is 0.488 e. The van der Waals surface area contributed by atoms with E-state index in [-0.39, 0.29) is 18.3 Å². The van der Waals surface area contributed by atoms with Gasteiger partial charge in [0.1, 0.15) is 39.5 Å². The highest BCUT2D eigenvalue weighted by Gasteiger charge is 2.36. The molecule has 0 amide bonds. The number of halogens is 1. The number of hydrogen-bond acceptors (Lipinski definition) is 9. The summed E-state index contributed by atoms with van der Waals surface area (Å²) in [7, 11) is 4.62. The van der Waals surface area contributed by atoms with E-state index in [1.807, 2.05) is 6.92 Å². The third-order valence-electron chi connectivity index (χ3n) is 5.60. The molecule has 0 bridgehead atoms. The van der Waals surface area contributed by atoms with Crippen LogP contribution in [0, 0.1) is 12.7 Å². The summed E-state index contributed by atoms with van der Waals surface area (Å²) < 4.78 is 36.0. The first-order valence-electron chi connectivity index (χ1n) is 10.1. The Bertz CT molecular complexity index is 1130. The Hall–Kier alpha value is -2.82. The molecule has 3 aromatic rings. The molecule has 1 aromatic carbocycles. The van der Waals surface area contributed by atoms with Crippen LogP contribution in [0.2, 0.25) is 0 Å². The van der Waals surface area contributed by atoms with Crippen molar-refractivity contribution in [1.82, 2.24) is 9.97 Å². The SMILES string of the molecule is COC(=O)c1sc2ncnc(Nc3ccc(F)cc3OC3CC(OC)C(OC)C3)c2c1C. The van der Waals surface area contributed by atoms with Gasteiger partial charge in [-0.05, 0) is 24.6 Å². The zero-order chi connectivity index (χ0) is 22.8. The van der Waals surface area contributed by atoms with Crippen LogP contribution in [0.4, 0.5) is 15.9 Å². The van der Waals surface area contributed by atoms with Crippen LogP contribution in [-0.4, -0.2) is 55.6 Å². The zero-order valence-corrected chi connectivity index (χ0v) is 19.0. The second kappa shape index (κ2) is 9.35. The quantitative estimate of drug-likeness (QED) is 0.523. The van der Waals surface area contributed by atoms with Gasteiger partial charge in [-0.15, -0.1) is 11.3 Å². The summed E-state index contributed by atoms with van der Waals surface area (Å²) in [5.41, 5.74) is 1.26. The number of esters is 1. The monoisotopic (exact) mass is 461 g/mol. The van der Waals surface area contributed by atoms with E-state index in [1.54, 1.807) is 20.3 Å². The number of methoxy groups -OCH3 is 3. The highest BCUT2D eigenvalue weighted by molar-refractivity contribution is 7.20. The van der Waals surface area contributed by atoms with Gasteiger partial charge in [0, 0.05) is 33.1 Å². The Balaban J connectivity index is 1.65. The first-order valence-corrected chi connectivity index (χ1v) is 10.9. The van der Waals surface area contributed by atoms with Crippen LogP contribution < -0.4 is 10.1 Å². The lowest BCUT2D eigenvalue weighted by atomic mass is 10.2. The van der Waals surface area contributed by atoms with Crippen molar-refractivity contribution in [1.29, 1.82) is 0 Å². The predicted octanol–water partition coefficient (Wildman–Crippen LogP) is 4.24. The Morgan fingerprint density at radius 1 is 1.16 bits per heavy atom. The molecule has 2 aromatic heterocycles. The van der Waals surface area contributed by atoms with E-state index < -0.39 is 11.8 Å². The number of rotatable bonds is 7. The van der Waals surface area contributed by atoms with Crippen LogP contribution in [0.1, 0.15) is 28.1 Å². The van der Waals surface area contributed by atoms with Crippen molar-refractivity contribution < 1.29 is 28.1 Å². The second-order valence-electron chi connectivity index (χ2n) is 7.48. The Kier molecular flexibility index (Phi) is 6.54. The van der Waals surface area contributed by atoms with Crippen molar-refractivity contribution in [2.75, 3.05) is 26.6 Å². The standard InChI is InChI=1S/C22H24FN3O5S/c1-11-18-20(24-10-25-21(18)32-19(11)22(27)30-4)26-14-6-5-12(23)7-15(14)31-13-8-16(28-2)17(9-13)29-3/h5-7,10,13,16-17H,8-9H2,1-4H3,(H,24,25,26). The molecule has 1 N–H and O–H groups in total. The minimum atomic E-state index is -0.427. The molecule has 8 nitrogen and oxygen atoms in total. The number of ether oxygens (including phenoxy) is 4. The van der Waals surface area contributed by atoms with E-state index in [2.05, 4.69) is 15.3 Å². The van der Waals surface area contributed by atoms with Gasteiger partial charge in [-0.3, -0.25) is 0 Å². The van der Waals surface area contributed by atoms with Crippen molar-refractivity contribution in [2.45, 2.75) is 38.1 Å². The van der Waals surface area contributed by atoms with Gasteiger partial charge in [0.2, 0.25) is 0 Å². The summed E-state index contributed by atoms with van der Waals surface area (Å²) in [6, 6.07) is 4.28. The van der Waals surface area contributed by atoms with Crippen molar-refractivity contribution >= 4 is 39.0 Å². The number of anilines is 2. The van der Waals surface area contributed by atoms with E-state index >= 15 is 0 Å². The second-order valence-corrected chi connectivity index (χ2v) is 8.47. The van der Waals surface area contributed by atoms with Gasteiger partial charge in [-0.1, -0.05) is 0 Å². The molecule has 1 fully saturated rings. The van der Waals surface area contributed by atoms with Crippen LogP contribution in [0.5, 0.6) is 5.75 Å². The van der Waals surface area contributed by atoms with Crippen LogP contribution in [0.25, 0.3) is 10.2 Å². The number of nitrogens with zero attached hydrogens (tertiary/aromatic N) is 2. The maximum Gasteiger partial charge on any atom is 0.348 e. The maximum atomic E-state index is 14.1. The summed E-state index contributed by atoms with van der Waals surface area (Å²) in [6.07, 6.45) is 2.33. The van der Waals surface area contributed by atoms with Gasteiger partial charge in [0.25, 0.3) is 0 Å². The molecule has 0 radical (unpaired) electrons. The van der Waals surface area contributed by atoms with Gasteiger partial charge < -0.3 is 24.3 Å². The number of aryl methyl sites for hydroxylation is 1. The number of fused-ring (bicyclic) bond motifs is 1. The number of nitrogens with one attached hydrogen (secondary N) is 1.